The van der Waals surface area contributed by atoms with Crippen LogP contribution in [0.1, 0.15) is 10.4 Å². The molecule has 38 heavy (non-hydrogen) atoms. The van der Waals surface area contributed by atoms with E-state index in [1.54, 1.807) is 18.6 Å². The molecule has 0 spiro atoms. The Morgan fingerprint density at radius 3 is 2.21 bits per heavy atom. The van der Waals surface area contributed by atoms with Gasteiger partial charge < -0.3 is 14.8 Å². The first-order valence-corrected chi connectivity index (χ1v) is 11.3. The third-order valence-electron chi connectivity index (χ3n) is 6.93. The summed E-state index contributed by atoms with van der Waals surface area (Å²) < 4.78 is 1.90. The molecule has 16 heteroatoms. The van der Waals surface area contributed by atoms with E-state index < -0.39 is 27.0 Å². The van der Waals surface area contributed by atoms with Crippen molar-refractivity contribution in [2.24, 2.45) is 7.05 Å². The molecule has 0 saturated carbocycles. The number of carbonyl (C=O) groups is 1. The number of anilines is 2. The Labute approximate surface area is 230 Å². The first kappa shape index (κ1) is 26.3. The zero-order valence-electron chi connectivity index (χ0n) is 20.4. The lowest BCUT2D eigenvalue weighted by atomic mass is 9.17. The molecule has 0 atom stereocenters. The molecule has 4 heterocycles. The number of nitrogens with zero attached hydrogens (tertiary/aromatic N) is 6. The quantitative estimate of drug-likeness (QED) is 0.394. The van der Waals surface area contributed by atoms with Crippen LogP contribution in [0.4, 0.5) is 11.6 Å². The van der Waals surface area contributed by atoms with Crippen molar-refractivity contribution in [1.82, 2.24) is 24.7 Å². The van der Waals surface area contributed by atoms with E-state index >= 15 is 0 Å². The third kappa shape index (κ3) is 3.75. The molecule has 1 fully saturated rings. The van der Waals surface area contributed by atoms with Crippen molar-refractivity contribution in [3.05, 3.63) is 60.7 Å². The van der Waals surface area contributed by atoms with Gasteiger partial charge >= 0.3 is 0 Å². The molecule has 166 valence electrons. The van der Waals surface area contributed by atoms with E-state index in [2.05, 4.69) is 25.5 Å². The highest BCUT2D eigenvalue weighted by molar-refractivity contribution is 6.69. The number of hydrogen-bond donors (Lipinski definition) is 1. The number of amides is 1. The zero-order valence-corrected chi connectivity index (χ0v) is 20.4. The van der Waals surface area contributed by atoms with Gasteiger partial charge in [0, 0.05) is 29.8 Å². The summed E-state index contributed by atoms with van der Waals surface area (Å²) in [4.78, 5) is 22.5. The molecule has 1 saturated heterocycles. The molecule has 0 aliphatic carbocycles. The maximum absolute atomic E-state index is 13.1. The van der Waals surface area contributed by atoms with Crippen molar-refractivity contribution >= 4 is 91.2 Å². The maximum Gasteiger partial charge on any atom is 0.257 e. The second-order valence-corrected chi connectivity index (χ2v) is 9.47. The number of benzene rings is 1. The minimum absolute atomic E-state index is 0.0314. The fourth-order valence-electron chi connectivity index (χ4n) is 4.49. The van der Waals surface area contributed by atoms with Gasteiger partial charge in [-0.05, 0) is 41.0 Å². The Hall–Kier alpha value is -3.29. The summed E-state index contributed by atoms with van der Waals surface area (Å²) in [6, 6.07) is 10.2. The lowest BCUT2D eigenvalue weighted by Gasteiger charge is -2.49. The molecule has 16 radical (unpaired) electrons. The first-order chi connectivity index (χ1) is 17.7. The van der Waals surface area contributed by atoms with Crippen LogP contribution in [-0.4, -0.2) is 104 Å². The third-order valence-corrected chi connectivity index (χ3v) is 6.93. The second kappa shape index (κ2) is 8.61. The number of carbonyl (C=O) groups excluding carboxylic acids is 1. The SMILES string of the molecule is [B]C1([B])N(c2cc(C(=O)Nc3cc4cc(-c5cncn5C)ccc4nn3)ccn2)C([B])([B])C([B])([B])C1([B])[B]. The van der Waals surface area contributed by atoms with Crippen molar-refractivity contribution in [2.75, 3.05) is 10.2 Å². The van der Waals surface area contributed by atoms with E-state index in [-0.39, 0.29) is 17.2 Å². The number of fused-ring (bicyclic) bond motifs is 1. The summed E-state index contributed by atoms with van der Waals surface area (Å²) in [5.41, 5.74) is 2.64. The lowest BCUT2D eigenvalue weighted by molar-refractivity contribution is 0.102. The highest BCUT2D eigenvalue weighted by Crippen LogP contribution is 2.63. The summed E-state index contributed by atoms with van der Waals surface area (Å²) in [7, 11) is 51.1. The van der Waals surface area contributed by atoms with Crippen LogP contribution in [0.25, 0.3) is 22.2 Å². The zero-order chi connectivity index (χ0) is 27.7. The topological polar surface area (TPSA) is 88.8 Å². The number of imidazole rings is 1. The molecule has 0 bridgehead atoms. The molecule has 1 N–H and O–H groups in total. The standard InChI is InChI=1S/C22H13B8N7O/c1-36-10-31-9-15(36)11-2-3-14-13(6-11)7-16(35-34-14)33-18(38)12-4-5-32-17(8-12)37-21(27,28)19(23,24)20(25,26)22(37,29)30/h2-10H,1H3,(H,33,35,38). The molecule has 1 aliphatic heterocycles. The molecule has 1 aliphatic rings. The van der Waals surface area contributed by atoms with Gasteiger partial charge in [0.15, 0.2) is 5.82 Å². The van der Waals surface area contributed by atoms with Gasteiger partial charge in [-0.15, -0.1) is 20.6 Å². The minimum atomic E-state index is -2.15. The summed E-state index contributed by atoms with van der Waals surface area (Å²) in [5, 5.41) is 3.17. The predicted molar refractivity (Wildman–Crippen MR) is 153 cm³/mol. The van der Waals surface area contributed by atoms with Gasteiger partial charge in [-0.2, -0.15) is 0 Å². The highest BCUT2D eigenvalue weighted by atomic mass is 16.1. The van der Waals surface area contributed by atoms with Gasteiger partial charge in [-0.3, -0.25) is 4.79 Å². The smallest absolute Gasteiger partial charge is 0.257 e. The van der Waals surface area contributed by atoms with Crippen LogP contribution < -0.4 is 10.2 Å². The van der Waals surface area contributed by atoms with Crippen LogP contribution in [-0.2, 0) is 7.05 Å². The van der Waals surface area contributed by atoms with Gasteiger partial charge in [-0.25, -0.2) is 9.97 Å². The molecular weight excluding hydrogens is 465 g/mol. The summed E-state index contributed by atoms with van der Waals surface area (Å²) in [6.45, 7) is 0. The number of nitrogens with one attached hydrogen (secondary N) is 1. The average molecular weight is 478 g/mol. The summed E-state index contributed by atoms with van der Waals surface area (Å²) >= 11 is 0. The van der Waals surface area contributed by atoms with Crippen LogP contribution in [0, 0.1) is 0 Å². The fraction of sp³-hybridized carbons (Fsp3) is 0.227. The Morgan fingerprint density at radius 1 is 0.895 bits per heavy atom. The second-order valence-electron chi connectivity index (χ2n) is 9.47. The number of aromatic nitrogens is 5. The molecule has 4 aromatic rings. The number of pyridine rings is 1. The maximum atomic E-state index is 13.1. The van der Waals surface area contributed by atoms with Crippen molar-refractivity contribution in [3.8, 4) is 11.3 Å². The average Bonchev–Trinajstić information content (AvgIpc) is 3.31. The predicted octanol–water partition coefficient (Wildman–Crippen LogP) is -0.614. The Morgan fingerprint density at radius 2 is 1.58 bits per heavy atom. The van der Waals surface area contributed by atoms with Crippen LogP contribution in [0.15, 0.2) is 55.1 Å². The van der Waals surface area contributed by atoms with Crippen molar-refractivity contribution in [3.63, 3.8) is 0 Å². The molecule has 0 unspecified atom stereocenters. The molecule has 8 nitrogen and oxygen atoms in total. The van der Waals surface area contributed by atoms with E-state index in [1.807, 2.05) is 29.8 Å². The number of hydrogen-bond acceptors (Lipinski definition) is 6. The summed E-state index contributed by atoms with van der Waals surface area (Å²) in [6.07, 6.45) is 4.79. The van der Waals surface area contributed by atoms with Crippen molar-refractivity contribution in [1.29, 1.82) is 0 Å². The minimum Gasteiger partial charge on any atom is -0.382 e. The van der Waals surface area contributed by atoms with Gasteiger partial charge in [0.25, 0.3) is 5.91 Å². The molecular formula is C22H13B8N7O. The number of rotatable bonds is 4. The van der Waals surface area contributed by atoms with Crippen LogP contribution in [0.2, 0.25) is 10.4 Å². The molecule has 1 amide bonds. The fourth-order valence-corrected chi connectivity index (χ4v) is 4.49. The van der Waals surface area contributed by atoms with Gasteiger partial charge in [0.05, 0.1) is 86.5 Å². The van der Waals surface area contributed by atoms with Gasteiger partial charge in [-0.1, -0.05) is 6.07 Å². The monoisotopic (exact) mass is 479 g/mol. The molecule has 3 aromatic heterocycles. The van der Waals surface area contributed by atoms with E-state index in [9.17, 15) is 4.79 Å². The van der Waals surface area contributed by atoms with Crippen LogP contribution in [0.5, 0.6) is 0 Å². The van der Waals surface area contributed by atoms with Crippen molar-refractivity contribution < 1.29 is 4.79 Å². The van der Waals surface area contributed by atoms with Gasteiger partial charge in [0.1, 0.15) is 5.82 Å². The van der Waals surface area contributed by atoms with E-state index in [1.165, 1.54) is 18.3 Å². The summed E-state index contributed by atoms with van der Waals surface area (Å²) in [5.74, 6) is -0.354. The lowest BCUT2D eigenvalue weighted by Crippen LogP contribution is -2.60. The number of aryl methyl sites for hydroxylation is 1. The first-order valence-electron chi connectivity index (χ1n) is 11.3. The molecule has 1 aromatic carbocycles. The van der Waals surface area contributed by atoms with E-state index in [0.29, 0.717) is 5.52 Å². The Bertz CT molecular complexity index is 1550. The Balaban J connectivity index is 1.45. The largest absolute Gasteiger partial charge is 0.382 e. The van der Waals surface area contributed by atoms with Gasteiger partial charge in [0.2, 0.25) is 0 Å². The Kier molecular flexibility index (Phi) is 5.97. The van der Waals surface area contributed by atoms with E-state index in [4.69, 9.17) is 62.8 Å². The van der Waals surface area contributed by atoms with E-state index in [0.717, 1.165) is 21.5 Å². The van der Waals surface area contributed by atoms with Crippen LogP contribution in [0.3, 0.4) is 0 Å². The molecule has 5 rings (SSSR count). The van der Waals surface area contributed by atoms with Crippen LogP contribution >= 0.6 is 0 Å². The highest BCUT2D eigenvalue weighted by Gasteiger charge is 2.63. The van der Waals surface area contributed by atoms with Crippen molar-refractivity contribution in [2.45, 2.75) is 21.1 Å². The normalized spacial score (nSPS) is 18.8.